The molecule has 1 saturated heterocycles. The van der Waals surface area contributed by atoms with Gasteiger partial charge in [0.25, 0.3) is 0 Å². The minimum absolute atomic E-state index is 0.173. The van der Waals surface area contributed by atoms with Crippen molar-refractivity contribution in [2.24, 2.45) is 17.8 Å². The van der Waals surface area contributed by atoms with Gasteiger partial charge in [0.1, 0.15) is 0 Å². The van der Waals surface area contributed by atoms with Crippen LogP contribution in [-0.2, 0) is 15.9 Å². The van der Waals surface area contributed by atoms with Gasteiger partial charge in [-0.15, -0.1) is 6.58 Å². The normalized spacial score (nSPS) is 30.1. The van der Waals surface area contributed by atoms with Crippen LogP contribution in [0.15, 0.2) is 36.9 Å². The molecule has 2 fully saturated rings. The molecule has 0 unspecified atom stereocenters. The Balaban J connectivity index is 1.43. The highest BCUT2D eigenvalue weighted by molar-refractivity contribution is 5.23. The first-order valence-corrected chi connectivity index (χ1v) is 10.2. The summed E-state index contributed by atoms with van der Waals surface area (Å²) < 4.78 is 12.2. The van der Waals surface area contributed by atoms with Gasteiger partial charge in [0, 0.05) is 11.5 Å². The van der Waals surface area contributed by atoms with E-state index < -0.39 is 0 Å². The lowest BCUT2D eigenvalue weighted by atomic mass is 9.76. The molecule has 1 aromatic carbocycles. The highest BCUT2D eigenvalue weighted by atomic mass is 16.7. The van der Waals surface area contributed by atoms with Crippen LogP contribution in [0.4, 0.5) is 0 Å². The van der Waals surface area contributed by atoms with Crippen molar-refractivity contribution in [1.29, 1.82) is 0 Å². The predicted molar refractivity (Wildman–Crippen MR) is 103 cm³/mol. The van der Waals surface area contributed by atoms with Crippen molar-refractivity contribution in [2.45, 2.75) is 64.6 Å². The minimum atomic E-state index is -0.173. The van der Waals surface area contributed by atoms with Gasteiger partial charge in [0.05, 0.1) is 13.2 Å². The second-order valence-corrected chi connectivity index (χ2v) is 8.05. The molecule has 0 aromatic heterocycles. The highest BCUT2D eigenvalue weighted by Crippen LogP contribution is 2.37. The summed E-state index contributed by atoms with van der Waals surface area (Å²) in [5, 5.41) is 0. The van der Waals surface area contributed by atoms with Crippen molar-refractivity contribution in [2.75, 3.05) is 13.2 Å². The molecule has 25 heavy (non-hydrogen) atoms. The van der Waals surface area contributed by atoms with E-state index >= 15 is 0 Å². The van der Waals surface area contributed by atoms with Gasteiger partial charge in [-0.05, 0) is 55.9 Å². The van der Waals surface area contributed by atoms with E-state index in [1.807, 2.05) is 6.08 Å². The average Bonchev–Trinajstić information content (AvgIpc) is 2.67. The lowest BCUT2D eigenvalue weighted by molar-refractivity contribution is -0.214. The largest absolute Gasteiger partial charge is 0.348 e. The maximum atomic E-state index is 6.08. The number of allylic oxidation sites excluding steroid dienone is 1. The Hall–Kier alpha value is -1.12. The van der Waals surface area contributed by atoms with Gasteiger partial charge in [-0.1, -0.05) is 50.1 Å². The van der Waals surface area contributed by atoms with Gasteiger partial charge in [-0.25, -0.2) is 0 Å². The number of hydrogen-bond acceptors (Lipinski definition) is 2. The van der Waals surface area contributed by atoms with Crippen LogP contribution in [0.3, 0.4) is 0 Å². The fraction of sp³-hybridized carbons (Fsp3) is 0.652. The van der Waals surface area contributed by atoms with Gasteiger partial charge < -0.3 is 9.47 Å². The molecule has 0 radical (unpaired) electrons. The first kappa shape index (κ1) is 18.7. The summed E-state index contributed by atoms with van der Waals surface area (Å²) in [5.74, 6) is 2.30. The van der Waals surface area contributed by atoms with Crippen molar-refractivity contribution < 1.29 is 9.47 Å². The third kappa shape index (κ3) is 5.43. The Morgan fingerprint density at radius 3 is 2.28 bits per heavy atom. The standard InChI is InChI=1S/C23H34O2/c1-3-4-5-6-7-19-10-14-21(15-11-19)23-24-16-22(17-25-23)20-12-8-18(2)9-13-20/h3,10-11,14-15,18,20,22-23H,1,4-9,12-13,16-17H2,2H3. The molecule has 2 aliphatic rings. The maximum absolute atomic E-state index is 6.08. The van der Waals surface area contributed by atoms with Gasteiger partial charge in [-0.3, -0.25) is 0 Å². The zero-order valence-corrected chi connectivity index (χ0v) is 15.8. The molecular formula is C23H34O2. The Morgan fingerprint density at radius 2 is 1.64 bits per heavy atom. The van der Waals surface area contributed by atoms with E-state index in [1.54, 1.807) is 0 Å². The molecule has 0 amide bonds. The second-order valence-electron chi connectivity index (χ2n) is 8.05. The number of aryl methyl sites for hydroxylation is 1. The number of rotatable bonds is 7. The molecule has 1 aliphatic heterocycles. The molecule has 2 heteroatoms. The van der Waals surface area contributed by atoms with E-state index in [9.17, 15) is 0 Å². The summed E-state index contributed by atoms with van der Waals surface area (Å²) in [6, 6.07) is 8.81. The molecule has 1 aromatic rings. The lowest BCUT2D eigenvalue weighted by Gasteiger charge is -2.37. The van der Waals surface area contributed by atoms with Crippen LogP contribution in [0.1, 0.15) is 69.3 Å². The highest BCUT2D eigenvalue weighted by Gasteiger charge is 2.31. The summed E-state index contributed by atoms with van der Waals surface area (Å²) in [5.41, 5.74) is 2.56. The SMILES string of the molecule is C=CCCCCc1ccc(C2OCC(C3CCC(C)CC3)CO2)cc1. The van der Waals surface area contributed by atoms with Gasteiger partial charge in [-0.2, -0.15) is 0 Å². The van der Waals surface area contributed by atoms with E-state index in [0.29, 0.717) is 5.92 Å². The summed E-state index contributed by atoms with van der Waals surface area (Å²) >= 11 is 0. The summed E-state index contributed by atoms with van der Waals surface area (Å²) in [7, 11) is 0. The molecular weight excluding hydrogens is 308 g/mol. The molecule has 0 N–H and O–H groups in total. The Bertz CT molecular complexity index is 505. The summed E-state index contributed by atoms with van der Waals surface area (Å²) in [4.78, 5) is 0. The van der Waals surface area contributed by atoms with Gasteiger partial charge in [0.2, 0.25) is 0 Å². The van der Waals surface area contributed by atoms with E-state index in [4.69, 9.17) is 9.47 Å². The van der Waals surface area contributed by atoms with E-state index in [0.717, 1.165) is 43.5 Å². The van der Waals surface area contributed by atoms with Crippen LogP contribution in [0.25, 0.3) is 0 Å². The fourth-order valence-electron chi connectivity index (χ4n) is 4.20. The van der Waals surface area contributed by atoms with Crippen LogP contribution in [0.5, 0.6) is 0 Å². The third-order valence-corrected chi connectivity index (χ3v) is 6.03. The smallest absolute Gasteiger partial charge is 0.183 e. The Kier molecular flexibility index (Phi) is 7.12. The van der Waals surface area contributed by atoms with Crippen LogP contribution in [0.2, 0.25) is 0 Å². The topological polar surface area (TPSA) is 18.5 Å². The van der Waals surface area contributed by atoms with Gasteiger partial charge >= 0.3 is 0 Å². The average molecular weight is 343 g/mol. The third-order valence-electron chi connectivity index (χ3n) is 6.03. The van der Waals surface area contributed by atoms with Crippen molar-refractivity contribution in [3.05, 3.63) is 48.0 Å². The van der Waals surface area contributed by atoms with E-state index in [1.165, 1.54) is 44.1 Å². The molecule has 2 nitrogen and oxygen atoms in total. The van der Waals surface area contributed by atoms with Crippen molar-refractivity contribution >= 4 is 0 Å². The van der Waals surface area contributed by atoms with Crippen LogP contribution in [-0.4, -0.2) is 13.2 Å². The van der Waals surface area contributed by atoms with E-state index in [-0.39, 0.29) is 6.29 Å². The molecule has 1 saturated carbocycles. The van der Waals surface area contributed by atoms with Crippen LogP contribution >= 0.6 is 0 Å². The minimum Gasteiger partial charge on any atom is -0.348 e. The lowest BCUT2D eigenvalue weighted by Crippen LogP contribution is -2.34. The number of hydrogen-bond donors (Lipinski definition) is 0. The van der Waals surface area contributed by atoms with Crippen molar-refractivity contribution in [3.8, 4) is 0 Å². The van der Waals surface area contributed by atoms with Crippen molar-refractivity contribution in [3.63, 3.8) is 0 Å². The predicted octanol–water partition coefficient (Wildman–Crippen LogP) is 6.07. The quantitative estimate of drug-likeness (QED) is 0.442. The second kappa shape index (κ2) is 9.54. The number of unbranched alkanes of at least 4 members (excludes halogenated alkanes) is 2. The molecule has 0 spiro atoms. The summed E-state index contributed by atoms with van der Waals surface area (Å²) in [6.07, 6.45) is 12.0. The fourth-order valence-corrected chi connectivity index (χ4v) is 4.20. The molecule has 1 aliphatic carbocycles. The Labute approximate surface area is 153 Å². The molecule has 0 atom stereocenters. The zero-order chi connectivity index (χ0) is 17.5. The maximum Gasteiger partial charge on any atom is 0.183 e. The zero-order valence-electron chi connectivity index (χ0n) is 15.8. The number of benzene rings is 1. The number of ether oxygens (including phenoxy) is 2. The monoisotopic (exact) mass is 342 g/mol. The molecule has 138 valence electrons. The Morgan fingerprint density at radius 1 is 0.960 bits per heavy atom. The van der Waals surface area contributed by atoms with Crippen LogP contribution < -0.4 is 0 Å². The molecule has 3 rings (SSSR count). The molecule has 0 bridgehead atoms. The summed E-state index contributed by atoms with van der Waals surface area (Å²) in [6.45, 7) is 7.87. The van der Waals surface area contributed by atoms with E-state index in [2.05, 4.69) is 37.8 Å². The van der Waals surface area contributed by atoms with Gasteiger partial charge in [0.15, 0.2) is 6.29 Å². The van der Waals surface area contributed by atoms with Crippen molar-refractivity contribution in [1.82, 2.24) is 0 Å². The molecule has 1 heterocycles. The first-order chi connectivity index (χ1) is 12.3. The first-order valence-electron chi connectivity index (χ1n) is 10.2. The van der Waals surface area contributed by atoms with Crippen LogP contribution in [0, 0.1) is 17.8 Å².